The van der Waals surface area contributed by atoms with Crippen molar-refractivity contribution >= 4 is 5.69 Å². The van der Waals surface area contributed by atoms with E-state index >= 15 is 0 Å². The summed E-state index contributed by atoms with van der Waals surface area (Å²) in [7, 11) is 0. The fraction of sp³-hybridized carbons (Fsp3) is 0.688. The molecule has 1 aromatic heterocycles. The van der Waals surface area contributed by atoms with Gasteiger partial charge in [0.25, 0.3) is 0 Å². The van der Waals surface area contributed by atoms with E-state index in [4.69, 9.17) is 0 Å². The van der Waals surface area contributed by atoms with Crippen LogP contribution in [-0.2, 0) is 0 Å². The second-order valence-corrected chi connectivity index (χ2v) is 6.26. The lowest BCUT2D eigenvalue weighted by molar-refractivity contribution is 0.0378. The van der Waals surface area contributed by atoms with E-state index < -0.39 is 5.60 Å². The summed E-state index contributed by atoms with van der Waals surface area (Å²) in [5, 5.41) is 10.2. The van der Waals surface area contributed by atoms with Gasteiger partial charge in [0.2, 0.25) is 0 Å². The Morgan fingerprint density at radius 3 is 2.84 bits per heavy atom. The van der Waals surface area contributed by atoms with Gasteiger partial charge in [0, 0.05) is 18.3 Å². The third-order valence-corrected chi connectivity index (χ3v) is 4.36. The molecule has 1 fully saturated rings. The van der Waals surface area contributed by atoms with Crippen molar-refractivity contribution in [2.24, 2.45) is 0 Å². The van der Waals surface area contributed by atoms with Crippen LogP contribution in [0.3, 0.4) is 0 Å². The smallest absolute Gasteiger partial charge is 0.0794 e. The topological polar surface area (TPSA) is 36.4 Å². The minimum Gasteiger partial charge on any atom is -0.388 e. The first-order valence-corrected chi connectivity index (χ1v) is 7.38. The molecule has 2 heterocycles. The number of hydrogen-bond donors (Lipinski definition) is 1. The molecule has 19 heavy (non-hydrogen) atoms. The monoisotopic (exact) mass is 262 g/mol. The molecule has 0 aliphatic carbocycles. The van der Waals surface area contributed by atoms with Gasteiger partial charge in [-0.05, 0) is 51.2 Å². The van der Waals surface area contributed by atoms with Crippen LogP contribution in [0.2, 0.25) is 0 Å². The molecule has 0 amide bonds. The average molecular weight is 262 g/mol. The Balaban J connectivity index is 2.16. The fourth-order valence-corrected chi connectivity index (χ4v) is 2.69. The van der Waals surface area contributed by atoms with Crippen molar-refractivity contribution in [3.05, 3.63) is 24.0 Å². The van der Waals surface area contributed by atoms with E-state index in [2.05, 4.69) is 42.8 Å². The van der Waals surface area contributed by atoms with Gasteiger partial charge in [0.15, 0.2) is 0 Å². The molecule has 0 saturated carbocycles. The number of hydrogen-bond acceptors (Lipinski definition) is 3. The average Bonchev–Trinajstić information content (AvgIpc) is 2.41. The molecule has 3 atom stereocenters. The summed E-state index contributed by atoms with van der Waals surface area (Å²) in [5.41, 5.74) is 1.70. The van der Waals surface area contributed by atoms with E-state index in [1.54, 1.807) is 0 Å². The van der Waals surface area contributed by atoms with Gasteiger partial charge in [0.1, 0.15) is 0 Å². The molecular formula is C16H26N2O. The maximum absolute atomic E-state index is 10.2. The van der Waals surface area contributed by atoms with Gasteiger partial charge < -0.3 is 10.0 Å². The van der Waals surface area contributed by atoms with Crippen LogP contribution in [0.4, 0.5) is 5.69 Å². The highest BCUT2D eigenvalue weighted by Gasteiger charge is 2.32. The van der Waals surface area contributed by atoms with Crippen molar-refractivity contribution in [3.63, 3.8) is 0 Å². The van der Waals surface area contributed by atoms with Crippen molar-refractivity contribution in [3.8, 4) is 0 Å². The van der Waals surface area contributed by atoms with E-state index in [0.717, 1.165) is 30.6 Å². The summed E-state index contributed by atoms with van der Waals surface area (Å²) in [6.07, 6.45) is 4.98. The number of nitrogens with zero attached hydrogens (tertiary/aromatic N) is 2. The lowest BCUT2D eigenvalue weighted by Crippen LogP contribution is -2.50. The second-order valence-electron chi connectivity index (χ2n) is 6.26. The van der Waals surface area contributed by atoms with E-state index in [9.17, 15) is 5.11 Å². The number of pyridine rings is 1. The summed E-state index contributed by atoms with van der Waals surface area (Å²) in [5.74, 6) is 0.510. The van der Waals surface area contributed by atoms with Gasteiger partial charge in [-0.25, -0.2) is 0 Å². The Hall–Kier alpha value is -1.09. The number of β-amino-alcohol motifs (C(OH)–C–C–N with tert-alkyl or cyclic N) is 1. The zero-order valence-corrected chi connectivity index (χ0v) is 12.6. The first kappa shape index (κ1) is 14.3. The third-order valence-electron chi connectivity index (χ3n) is 4.36. The maximum atomic E-state index is 10.2. The van der Waals surface area contributed by atoms with Crippen LogP contribution >= 0.6 is 0 Å². The Morgan fingerprint density at radius 1 is 1.53 bits per heavy atom. The molecule has 0 bridgehead atoms. The van der Waals surface area contributed by atoms with E-state index in [-0.39, 0.29) is 0 Å². The highest BCUT2D eigenvalue weighted by Crippen LogP contribution is 2.30. The Kier molecular flexibility index (Phi) is 4.14. The molecule has 3 heteroatoms. The van der Waals surface area contributed by atoms with Crippen LogP contribution in [0.5, 0.6) is 0 Å². The molecule has 1 unspecified atom stereocenters. The van der Waals surface area contributed by atoms with Gasteiger partial charge in [-0.3, -0.25) is 4.98 Å². The van der Waals surface area contributed by atoms with Gasteiger partial charge >= 0.3 is 0 Å². The number of anilines is 1. The molecule has 1 aliphatic rings. The predicted molar refractivity (Wildman–Crippen MR) is 79.6 cm³/mol. The zero-order valence-electron chi connectivity index (χ0n) is 12.6. The number of aromatic nitrogens is 1. The van der Waals surface area contributed by atoms with Crippen molar-refractivity contribution < 1.29 is 5.11 Å². The van der Waals surface area contributed by atoms with Gasteiger partial charge in [-0.15, -0.1) is 0 Å². The highest BCUT2D eigenvalue weighted by molar-refractivity contribution is 5.47. The second kappa shape index (κ2) is 5.49. The summed E-state index contributed by atoms with van der Waals surface area (Å²) in [4.78, 5) is 6.86. The maximum Gasteiger partial charge on any atom is 0.0794 e. The minimum atomic E-state index is -0.581. The first-order valence-electron chi connectivity index (χ1n) is 7.38. The fourth-order valence-electron chi connectivity index (χ4n) is 2.69. The summed E-state index contributed by atoms with van der Waals surface area (Å²) in [6, 6.07) is 4.74. The van der Waals surface area contributed by atoms with Gasteiger partial charge in [-0.1, -0.05) is 13.8 Å². The summed E-state index contributed by atoms with van der Waals surface area (Å²) < 4.78 is 0. The van der Waals surface area contributed by atoms with Crippen molar-refractivity contribution in [1.29, 1.82) is 0 Å². The summed E-state index contributed by atoms with van der Waals surface area (Å²) >= 11 is 0. The van der Waals surface area contributed by atoms with Crippen LogP contribution in [0.25, 0.3) is 0 Å². The SMILES string of the molecule is CCC(C)c1ccc(N2C[C@](C)(O)CC[C@H]2C)cn1. The zero-order chi connectivity index (χ0) is 14.0. The quantitative estimate of drug-likeness (QED) is 0.907. The van der Waals surface area contributed by atoms with Crippen molar-refractivity contribution in [2.45, 2.75) is 64.5 Å². The lowest BCUT2D eigenvalue weighted by atomic mass is 9.90. The highest BCUT2D eigenvalue weighted by atomic mass is 16.3. The van der Waals surface area contributed by atoms with Gasteiger partial charge in [-0.2, -0.15) is 0 Å². The molecule has 3 nitrogen and oxygen atoms in total. The third kappa shape index (κ3) is 3.27. The van der Waals surface area contributed by atoms with Crippen LogP contribution in [0, 0.1) is 0 Å². The Bertz CT molecular complexity index is 413. The normalized spacial score (nSPS) is 29.3. The van der Waals surface area contributed by atoms with E-state index in [1.807, 2.05) is 13.1 Å². The summed E-state index contributed by atoms with van der Waals surface area (Å²) in [6.45, 7) is 9.23. The molecule has 0 spiro atoms. The Labute approximate surface area is 116 Å². The number of aliphatic hydroxyl groups is 1. The minimum absolute atomic E-state index is 0.469. The largest absolute Gasteiger partial charge is 0.388 e. The molecule has 1 saturated heterocycles. The number of rotatable bonds is 3. The molecular weight excluding hydrogens is 236 g/mol. The first-order chi connectivity index (χ1) is 8.93. The molecule has 1 aromatic rings. The standard InChI is InChI=1S/C16H26N2O/c1-5-12(2)15-7-6-14(10-17-15)18-11-16(4,19)9-8-13(18)3/h6-7,10,12-13,19H,5,8-9,11H2,1-4H3/t12?,13-,16-/m1/s1. The molecule has 0 aromatic carbocycles. The van der Waals surface area contributed by atoms with Crippen LogP contribution in [0.15, 0.2) is 18.3 Å². The van der Waals surface area contributed by atoms with E-state index in [1.165, 1.54) is 0 Å². The molecule has 1 N–H and O–H groups in total. The van der Waals surface area contributed by atoms with Crippen LogP contribution in [0.1, 0.15) is 58.6 Å². The van der Waals surface area contributed by atoms with E-state index in [0.29, 0.717) is 18.5 Å². The molecule has 106 valence electrons. The number of piperidine rings is 1. The van der Waals surface area contributed by atoms with Crippen molar-refractivity contribution in [1.82, 2.24) is 4.98 Å². The molecule has 0 radical (unpaired) electrons. The lowest BCUT2D eigenvalue weighted by Gasteiger charge is -2.42. The predicted octanol–water partition coefficient (Wildman–Crippen LogP) is 3.33. The Morgan fingerprint density at radius 2 is 2.26 bits per heavy atom. The molecule has 2 rings (SSSR count). The van der Waals surface area contributed by atoms with Crippen LogP contribution < -0.4 is 4.90 Å². The van der Waals surface area contributed by atoms with Crippen LogP contribution in [-0.4, -0.2) is 28.3 Å². The van der Waals surface area contributed by atoms with Crippen molar-refractivity contribution in [2.75, 3.05) is 11.4 Å². The molecule has 1 aliphatic heterocycles. The van der Waals surface area contributed by atoms with Gasteiger partial charge in [0.05, 0.1) is 17.5 Å².